The van der Waals surface area contributed by atoms with Gasteiger partial charge in [-0.15, -0.1) is 0 Å². The summed E-state index contributed by atoms with van der Waals surface area (Å²) in [5.41, 5.74) is 5.41. The topological polar surface area (TPSA) is 95.6 Å². The molecule has 2 N–H and O–H groups in total. The van der Waals surface area contributed by atoms with Gasteiger partial charge in [-0.3, -0.25) is 14.3 Å². The molecule has 2 amide bonds. The number of likely N-dealkylation sites (N-methyl/N-ethyl adjacent to an activating group) is 1. The van der Waals surface area contributed by atoms with Gasteiger partial charge in [-0.1, -0.05) is 24.3 Å². The Morgan fingerprint density at radius 3 is 2.03 bits per heavy atom. The zero-order valence-corrected chi connectivity index (χ0v) is 20.8. The smallest absolute Gasteiger partial charge is 0.261 e. The first-order chi connectivity index (χ1) is 16.0. The Balaban J connectivity index is 1.66. The molecule has 0 aliphatic rings. The van der Waals surface area contributed by atoms with E-state index in [-0.39, 0.29) is 28.8 Å². The predicted molar refractivity (Wildman–Crippen MR) is 135 cm³/mol. The number of nitrogens with one attached hydrogen (secondary N) is 2. The normalized spacial score (nSPS) is 11.1. The monoisotopic (exact) mass is 479 g/mol. The van der Waals surface area contributed by atoms with E-state index in [0.717, 1.165) is 27.9 Å². The molecule has 3 rings (SSSR count). The van der Waals surface area contributed by atoms with Crippen molar-refractivity contribution in [2.24, 2.45) is 0 Å². The van der Waals surface area contributed by atoms with Gasteiger partial charge < -0.3 is 10.2 Å². The number of benzene rings is 3. The molecule has 0 aliphatic carbocycles. The van der Waals surface area contributed by atoms with Crippen molar-refractivity contribution in [3.63, 3.8) is 0 Å². The summed E-state index contributed by atoms with van der Waals surface area (Å²) in [6.45, 7) is 7.53. The number of para-hydroxylation sites is 1. The van der Waals surface area contributed by atoms with Crippen molar-refractivity contribution in [2.75, 3.05) is 23.6 Å². The number of aryl methyl sites for hydroxylation is 4. The van der Waals surface area contributed by atoms with Crippen LogP contribution in [0.1, 0.15) is 32.6 Å². The van der Waals surface area contributed by atoms with Crippen LogP contribution in [-0.2, 0) is 14.8 Å². The van der Waals surface area contributed by atoms with Crippen molar-refractivity contribution >= 4 is 33.2 Å². The van der Waals surface area contributed by atoms with Crippen LogP contribution in [0.5, 0.6) is 0 Å². The third-order valence-corrected chi connectivity index (χ3v) is 7.04. The molecule has 3 aromatic carbocycles. The molecule has 7 nitrogen and oxygen atoms in total. The zero-order chi connectivity index (χ0) is 25.0. The van der Waals surface area contributed by atoms with Gasteiger partial charge >= 0.3 is 0 Å². The average Bonchev–Trinajstić information content (AvgIpc) is 2.78. The summed E-state index contributed by atoms with van der Waals surface area (Å²) < 4.78 is 28.0. The molecule has 3 aromatic rings. The molecule has 0 fully saturated rings. The third kappa shape index (κ3) is 5.82. The van der Waals surface area contributed by atoms with E-state index in [1.807, 2.05) is 52.0 Å². The molecule has 0 heterocycles. The van der Waals surface area contributed by atoms with Gasteiger partial charge in [-0.2, -0.15) is 0 Å². The molecule has 0 unspecified atom stereocenters. The molecule has 8 heteroatoms. The second-order valence-corrected chi connectivity index (χ2v) is 10.1. The fourth-order valence-corrected chi connectivity index (χ4v) is 4.54. The van der Waals surface area contributed by atoms with Crippen LogP contribution in [0.4, 0.5) is 11.4 Å². The second kappa shape index (κ2) is 10.1. The molecule has 0 saturated heterocycles. The van der Waals surface area contributed by atoms with Gasteiger partial charge in [0.05, 0.1) is 11.4 Å². The van der Waals surface area contributed by atoms with Crippen molar-refractivity contribution in [3.05, 3.63) is 88.5 Å². The number of carbonyl (C=O) groups is 2. The SMILES string of the molecule is Cc1ccc(NS(=O)(=O)c2ccc(C(=O)N(C)CC(=O)Nc3c(C)cccc3C)cc2)cc1C. The van der Waals surface area contributed by atoms with Gasteiger partial charge in [-0.25, -0.2) is 8.42 Å². The second-order valence-electron chi connectivity index (χ2n) is 8.41. The summed E-state index contributed by atoms with van der Waals surface area (Å²) in [6, 6.07) is 16.7. The first kappa shape index (κ1) is 25.0. The maximum Gasteiger partial charge on any atom is 0.261 e. The van der Waals surface area contributed by atoms with E-state index < -0.39 is 10.0 Å². The molecule has 0 spiro atoms. The van der Waals surface area contributed by atoms with Crippen LogP contribution in [-0.4, -0.2) is 38.7 Å². The van der Waals surface area contributed by atoms with Crippen LogP contribution in [0.3, 0.4) is 0 Å². The molecule has 0 radical (unpaired) electrons. The first-order valence-electron chi connectivity index (χ1n) is 10.8. The number of anilines is 2. The Labute approximate surface area is 200 Å². The summed E-state index contributed by atoms with van der Waals surface area (Å²) in [5.74, 6) is -0.701. The van der Waals surface area contributed by atoms with Crippen molar-refractivity contribution in [2.45, 2.75) is 32.6 Å². The summed E-state index contributed by atoms with van der Waals surface area (Å²) in [4.78, 5) is 26.6. The van der Waals surface area contributed by atoms with Crippen molar-refractivity contribution < 1.29 is 18.0 Å². The largest absolute Gasteiger partial charge is 0.332 e. The van der Waals surface area contributed by atoms with Gasteiger partial charge in [0.25, 0.3) is 15.9 Å². The number of hydrogen-bond acceptors (Lipinski definition) is 4. The van der Waals surface area contributed by atoms with Gasteiger partial charge in [0.15, 0.2) is 0 Å². The molecule has 0 aromatic heterocycles. The maximum atomic E-state index is 12.8. The van der Waals surface area contributed by atoms with Crippen molar-refractivity contribution in [1.29, 1.82) is 0 Å². The Kier molecular flexibility index (Phi) is 7.41. The fourth-order valence-electron chi connectivity index (χ4n) is 3.49. The molecule has 0 saturated carbocycles. The number of amides is 2. The average molecular weight is 480 g/mol. The van der Waals surface area contributed by atoms with Gasteiger partial charge in [0.1, 0.15) is 0 Å². The minimum Gasteiger partial charge on any atom is -0.332 e. The minimum absolute atomic E-state index is 0.0395. The first-order valence-corrected chi connectivity index (χ1v) is 12.3. The molecule has 0 atom stereocenters. The lowest BCUT2D eigenvalue weighted by atomic mass is 10.1. The minimum atomic E-state index is -3.81. The quantitative estimate of drug-likeness (QED) is 0.524. The number of rotatable bonds is 7. The number of carbonyl (C=O) groups excluding carboxylic acids is 2. The van der Waals surface area contributed by atoms with E-state index in [9.17, 15) is 18.0 Å². The molecule has 0 aliphatic heterocycles. The van der Waals surface area contributed by atoms with E-state index >= 15 is 0 Å². The molecule has 34 heavy (non-hydrogen) atoms. The highest BCUT2D eigenvalue weighted by Gasteiger charge is 2.19. The van der Waals surface area contributed by atoms with E-state index in [0.29, 0.717) is 5.69 Å². The molecule has 178 valence electrons. The third-order valence-electron chi connectivity index (χ3n) is 5.64. The summed E-state index contributed by atoms with van der Waals surface area (Å²) >= 11 is 0. The number of hydrogen-bond donors (Lipinski definition) is 2. The summed E-state index contributed by atoms with van der Waals surface area (Å²) in [7, 11) is -2.28. The van der Waals surface area contributed by atoms with Crippen LogP contribution >= 0.6 is 0 Å². The fraction of sp³-hybridized carbons (Fsp3) is 0.231. The number of nitrogens with zero attached hydrogens (tertiary/aromatic N) is 1. The van der Waals surface area contributed by atoms with Gasteiger partial charge in [0.2, 0.25) is 5.91 Å². The lowest BCUT2D eigenvalue weighted by molar-refractivity contribution is -0.116. The van der Waals surface area contributed by atoms with Crippen LogP contribution in [0.25, 0.3) is 0 Å². The Hall–Kier alpha value is -3.65. The van der Waals surface area contributed by atoms with E-state index in [1.54, 1.807) is 12.1 Å². The van der Waals surface area contributed by atoms with Crippen LogP contribution in [0.15, 0.2) is 65.6 Å². The molecule has 0 bridgehead atoms. The van der Waals surface area contributed by atoms with Crippen LogP contribution in [0, 0.1) is 27.7 Å². The zero-order valence-electron chi connectivity index (χ0n) is 20.0. The number of sulfonamides is 1. The Bertz CT molecular complexity index is 1310. The highest BCUT2D eigenvalue weighted by atomic mass is 32.2. The Morgan fingerprint density at radius 2 is 1.44 bits per heavy atom. The summed E-state index contributed by atoms with van der Waals surface area (Å²) in [5, 5.41) is 2.85. The van der Waals surface area contributed by atoms with Crippen LogP contribution in [0.2, 0.25) is 0 Å². The van der Waals surface area contributed by atoms with E-state index in [2.05, 4.69) is 10.0 Å². The lowest BCUT2D eigenvalue weighted by Crippen LogP contribution is -2.35. The highest BCUT2D eigenvalue weighted by Crippen LogP contribution is 2.21. The van der Waals surface area contributed by atoms with Gasteiger partial charge in [-0.05, 0) is 86.3 Å². The van der Waals surface area contributed by atoms with Gasteiger partial charge in [0, 0.05) is 24.0 Å². The highest BCUT2D eigenvalue weighted by molar-refractivity contribution is 7.92. The summed E-state index contributed by atoms with van der Waals surface area (Å²) in [6.07, 6.45) is 0. The van der Waals surface area contributed by atoms with E-state index in [1.165, 1.54) is 36.2 Å². The van der Waals surface area contributed by atoms with Crippen LogP contribution < -0.4 is 10.0 Å². The van der Waals surface area contributed by atoms with Crippen molar-refractivity contribution in [3.8, 4) is 0 Å². The predicted octanol–water partition coefficient (Wildman–Crippen LogP) is 4.43. The van der Waals surface area contributed by atoms with E-state index in [4.69, 9.17) is 0 Å². The maximum absolute atomic E-state index is 12.8. The molecular weight excluding hydrogens is 450 g/mol. The van der Waals surface area contributed by atoms with Crippen molar-refractivity contribution in [1.82, 2.24) is 4.90 Å². The Morgan fingerprint density at radius 1 is 0.824 bits per heavy atom. The molecular formula is C26H29N3O4S. The lowest BCUT2D eigenvalue weighted by Gasteiger charge is -2.18. The standard InChI is InChI=1S/C26H29N3O4S/c1-17-9-12-22(15-20(17)4)28-34(32,33)23-13-10-21(11-14-23)26(31)29(5)16-24(30)27-25-18(2)7-6-8-19(25)3/h6-15,28H,16H2,1-5H3,(H,27,30).